The van der Waals surface area contributed by atoms with Crippen molar-refractivity contribution in [2.24, 2.45) is 12.5 Å². The van der Waals surface area contributed by atoms with Gasteiger partial charge in [-0.3, -0.25) is 4.68 Å². The molecule has 0 spiro atoms. The number of nitrogens with zero attached hydrogens (tertiary/aromatic N) is 3. The lowest BCUT2D eigenvalue weighted by Gasteiger charge is -2.29. The van der Waals surface area contributed by atoms with Crippen LogP contribution >= 0.6 is 11.6 Å². The van der Waals surface area contributed by atoms with E-state index in [4.69, 9.17) is 11.6 Å². The Labute approximate surface area is 102 Å². The molecular weight excluding hydrogens is 224 g/mol. The molecule has 0 aliphatic heterocycles. The third-order valence-corrected chi connectivity index (χ3v) is 3.81. The third-order valence-electron chi connectivity index (χ3n) is 3.24. The monoisotopic (exact) mass is 244 g/mol. The highest BCUT2D eigenvalue weighted by Crippen LogP contribution is 2.26. The van der Waals surface area contributed by atoms with Gasteiger partial charge in [-0.05, 0) is 18.3 Å². The van der Waals surface area contributed by atoms with Gasteiger partial charge in [0.05, 0.1) is 5.69 Å². The molecule has 0 aliphatic carbocycles. The summed E-state index contributed by atoms with van der Waals surface area (Å²) in [5.74, 6) is 0.702. The molecule has 4 nitrogen and oxygen atoms in total. The van der Waals surface area contributed by atoms with Crippen molar-refractivity contribution in [3.05, 3.63) is 11.9 Å². The first-order valence-corrected chi connectivity index (χ1v) is 6.31. The van der Waals surface area contributed by atoms with Crippen molar-refractivity contribution in [1.82, 2.24) is 20.3 Å². The molecule has 0 unspecified atom stereocenters. The Hall–Kier alpha value is -0.610. The molecule has 0 radical (unpaired) electrons. The smallest absolute Gasteiger partial charge is 0.0964 e. The SMILES string of the molecule is CCC(CC)(CCl)CNCc1cn(C)nn1. The van der Waals surface area contributed by atoms with Gasteiger partial charge in [-0.25, -0.2) is 0 Å². The summed E-state index contributed by atoms with van der Waals surface area (Å²) in [6.45, 7) is 6.07. The minimum atomic E-state index is 0.212. The van der Waals surface area contributed by atoms with Crippen LogP contribution in [-0.2, 0) is 13.6 Å². The summed E-state index contributed by atoms with van der Waals surface area (Å²) in [5.41, 5.74) is 1.18. The number of alkyl halides is 1. The molecule has 0 bridgehead atoms. The highest BCUT2D eigenvalue weighted by molar-refractivity contribution is 6.18. The average Bonchev–Trinajstić information content (AvgIpc) is 2.71. The number of halogens is 1. The number of rotatable bonds is 7. The molecule has 5 heteroatoms. The normalized spacial score (nSPS) is 12.0. The van der Waals surface area contributed by atoms with Gasteiger partial charge in [-0.1, -0.05) is 19.1 Å². The van der Waals surface area contributed by atoms with Gasteiger partial charge in [0, 0.05) is 32.2 Å². The summed E-state index contributed by atoms with van der Waals surface area (Å²) < 4.78 is 1.71. The second-order valence-electron chi connectivity index (χ2n) is 4.33. The van der Waals surface area contributed by atoms with Gasteiger partial charge < -0.3 is 5.32 Å². The van der Waals surface area contributed by atoms with E-state index >= 15 is 0 Å². The number of hydrogen-bond donors (Lipinski definition) is 1. The lowest BCUT2D eigenvalue weighted by molar-refractivity contribution is 0.285. The minimum absolute atomic E-state index is 0.212. The largest absolute Gasteiger partial charge is 0.310 e. The van der Waals surface area contributed by atoms with E-state index in [1.54, 1.807) is 4.68 Å². The molecule has 0 aliphatic rings. The van der Waals surface area contributed by atoms with Crippen LogP contribution in [0.1, 0.15) is 32.4 Å². The molecule has 1 rings (SSSR count). The fraction of sp³-hybridized carbons (Fsp3) is 0.818. The molecule has 1 N–H and O–H groups in total. The molecule has 0 aromatic carbocycles. The topological polar surface area (TPSA) is 42.7 Å². The van der Waals surface area contributed by atoms with E-state index in [0.717, 1.165) is 31.6 Å². The Morgan fingerprint density at radius 3 is 2.56 bits per heavy atom. The van der Waals surface area contributed by atoms with Crippen molar-refractivity contribution in [1.29, 1.82) is 0 Å². The summed E-state index contributed by atoms with van der Waals surface area (Å²) in [4.78, 5) is 0. The van der Waals surface area contributed by atoms with E-state index in [2.05, 4.69) is 29.5 Å². The van der Waals surface area contributed by atoms with Gasteiger partial charge in [-0.15, -0.1) is 16.7 Å². The molecule has 1 heterocycles. The predicted octanol–water partition coefficient (Wildman–Crippen LogP) is 1.95. The molecule has 0 atom stereocenters. The predicted molar refractivity (Wildman–Crippen MR) is 66.4 cm³/mol. The van der Waals surface area contributed by atoms with Gasteiger partial charge in [0.15, 0.2) is 0 Å². The standard InChI is InChI=1S/C11H21ClN4/c1-4-11(5-2,8-12)9-13-6-10-7-16(3)15-14-10/h7,13H,4-6,8-9H2,1-3H3. The fourth-order valence-corrected chi connectivity index (χ4v) is 2.14. The number of hydrogen-bond acceptors (Lipinski definition) is 3. The molecule has 0 amide bonds. The van der Waals surface area contributed by atoms with Crippen molar-refractivity contribution < 1.29 is 0 Å². The zero-order valence-electron chi connectivity index (χ0n) is 10.3. The molecule has 0 fully saturated rings. The summed E-state index contributed by atoms with van der Waals surface area (Å²) in [6, 6.07) is 0. The molecule has 0 saturated carbocycles. The summed E-state index contributed by atoms with van der Waals surface area (Å²) in [5, 5.41) is 11.3. The van der Waals surface area contributed by atoms with Crippen LogP contribution in [0.2, 0.25) is 0 Å². The van der Waals surface area contributed by atoms with Crippen LogP contribution in [-0.4, -0.2) is 27.4 Å². The van der Waals surface area contributed by atoms with Crippen molar-refractivity contribution in [3.8, 4) is 0 Å². The Kier molecular flexibility index (Phi) is 5.22. The van der Waals surface area contributed by atoms with Crippen LogP contribution in [0.5, 0.6) is 0 Å². The molecule has 1 aromatic rings. The highest BCUT2D eigenvalue weighted by atomic mass is 35.5. The maximum absolute atomic E-state index is 6.04. The van der Waals surface area contributed by atoms with Crippen LogP contribution in [0.15, 0.2) is 6.20 Å². The lowest BCUT2D eigenvalue weighted by Crippen LogP contribution is -2.34. The zero-order valence-corrected chi connectivity index (χ0v) is 11.1. The van der Waals surface area contributed by atoms with Crippen LogP contribution in [0.4, 0.5) is 0 Å². The van der Waals surface area contributed by atoms with E-state index in [-0.39, 0.29) is 5.41 Å². The van der Waals surface area contributed by atoms with Crippen molar-refractivity contribution in [3.63, 3.8) is 0 Å². The summed E-state index contributed by atoms with van der Waals surface area (Å²) in [6.07, 6.45) is 4.12. The molecule has 92 valence electrons. The van der Waals surface area contributed by atoms with Gasteiger partial charge >= 0.3 is 0 Å². The van der Waals surface area contributed by atoms with Crippen LogP contribution in [0, 0.1) is 5.41 Å². The van der Waals surface area contributed by atoms with Crippen molar-refractivity contribution in [2.45, 2.75) is 33.2 Å². The quantitative estimate of drug-likeness (QED) is 0.746. The highest BCUT2D eigenvalue weighted by Gasteiger charge is 2.24. The number of aryl methyl sites for hydroxylation is 1. The first-order valence-electron chi connectivity index (χ1n) is 5.77. The van der Waals surface area contributed by atoms with E-state index in [0.29, 0.717) is 5.88 Å². The fourth-order valence-electron chi connectivity index (χ4n) is 1.67. The zero-order chi connectivity index (χ0) is 12.0. The van der Waals surface area contributed by atoms with Gasteiger partial charge in [0.1, 0.15) is 0 Å². The maximum atomic E-state index is 6.04. The molecular formula is C11H21ClN4. The van der Waals surface area contributed by atoms with Crippen molar-refractivity contribution >= 4 is 11.6 Å². The van der Waals surface area contributed by atoms with Crippen LogP contribution < -0.4 is 5.32 Å². The Bertz CT molecular complexity index is 298. The van der Waals surface area contributed by atoms with Crippen LogP contribution in [0.25, 0.3) is 0 Å². The lowest BCUT2D eigenvalue weighted by atomic mass is 9.84. The Balaban J connectivity index is 2.39. The number of aromatic nitrogens is 3. The summed E-state index contributed by atoms with van der Waals surface area (Å²) >= 11 is 6.04. The third kappa shape index (κ3) is 3.46. The van der Waals surface area contributed by atoms with E-state index in [1.165, 1.54) is 0 Å². The first-order chi connectivity index (χ1) is 7.65. The van der Waals surface area contributed by atoms with E-state index < -0.39 is 0 Å². The Morgan fingerprint density at radius 2 is 2.12 bits per heavy atom. The van der Waals surface area contributed by atoms with E-state index in [1.807, 2.05) is 13.2 Å². The second kappa shape index (κ2) is 6.21. The van der Waals surface area contributed by atoms with Gasteiger partial charge in [0.25, 0.3) is 0 Å². The summed E-state index contributed by atoms with van der Waals surface area (Å²) in [7, 11) is 1.87. The first kappa shape index (κ1) is 13.5. The minimum Gasteiger partial charge on any atom is -0.310 e. The van der Waals surface area contributed by atoms with Gasteiger partial charge in [-0.2, -0.15) is 0 Å². The molecule has 1 aromatic heterocycles. The van der Waals surface area contributed by atoms with Crippen molar-refractivity contribution in [2.75, 3.05) is 12.4 Å². The molecule has 0 saturated heterocycles. The average molecular weight is 245 g/mol. The Morgan fingerprint density at radius 1 is 1.44 bits per heavy atom. The number of nitrogens with one attached hydrogen (secondary N) is 1. The maximum Gasteiger partial charge on any atom is 0.0964 e. The van der Waals surface area contributed by atoms with Crippen LogP contribution in [0.3, 0.4) is 0 Å². The van der Waals surface area contributed by atoms with E-state index in [9.17, 15) is 0 Å². The van der Waals surface area contributed by atoms with Gasteiger partial charge in [0.2, 0.25) is 0 Å². The second-order valence-corrected chi connectivity index (χ2v) is 4.60. The molecule has 16 heavy (non-hydrogen) atoms.